The Kier molecular flexibility index (Phi) is 2.39. The van der Waals surface area contributed by atoms with E-state index in [9.17, 15) is 0 Å². The lowest BCUT2D eigenvalue weighted by molar-refractivity contribution is 0.428. The molecule has 2 aromatic heterocycles. The zero-order chi connectivity index (χ0) is 11.0. The van der Waals surface area contributed by atoms with Gasteiger partial charge >= 0.3 is 0 Å². The number of rotatable bonds is 2. The van der Waals surface area contributed by atoms with E-state index in [2.05, 4.69) is 15.3 Å². The van der Waals surface area contributed by atoms with Gasteiger partial charge in [-0.1, -0.05) is 0 Å². The van der Waals surface area contributed by atoms with Gasteiger partial charge in [-0.25, -0.2) is 0 Å². The Balaban J connectivity index is 2.31. The van der Waals surface area contributed by atoms with Gasteiger partial charge in [-0.15, -0.1) is 10.2 Å². The molecule has 2 aromatic rings. The first-order chi connectivity index (χ1) is 7.08. The summed E-state index contributed by atoms with van der Waals surface area (Å²) in [4.78, 5) is 0. The molecular formula is C8H11N5OS. The number of hydrogen-bond acceptors (Lipinski definition) is 6. The molecule has 0 fully saturated rings. The molecule has 0 aliphatic heterocycles. The number of aromatic nitrogens is 4. The van der Waals surface area contributed by atoms with E-state index in [1.165, 1.54) is 11.8 Å². The third-order valence-electron chi connectivity index (χ3n) is 1.91. The third-order valence-corrected chi connectivity index (χ3v) is 2.92. The molecule has 0 atom stereocenters. The quantitative estimate of drug-likeness (QED) is 0.825. The zero-order valence-electron chi connectivity index (χ0n) is 8.68. The van der Waals surface area contributed by atoms with E-state index in [1.54, 1.807) is 11.6 Å². The van der Waals surface area contributed by atoms with Crippen molar-refractivity contribution >= 4 is 17.4 Å². The second-order valence-electron chi connectivity index (χ2n) is 3.12. The van der Waals surface area contributed by atoms with Gasteiger partial charge in [0, 0.05) is 14.0 Å². The highest BCUT2D eigenvalue weighted by molar-refractivity contribution is 7.99. The van der Waals surface area contributed by atoms with Gasteiger partial charge in [-0.05, 0) is 18.7 Å². The predicted molar refractivity (Wildman–Crippen MR) is 55.5 cm³/mol. The first-order valence-electron chi connectivity index (χ1n) is 4.35. The average Bonchev–Trinajstić information content (AvgIpc) is 2.67. The van der Waals surface area contributed by atoms with Gasteiger partial charge in [-0.2, -0.15) is 5.10 Å². The van der Waals surface area contributed by atoms with Crippen LogP contribution in [0, 0.1) is 13.8 Å². The van der Waals surface area contributed by atoms with Gasteiger partial charge in [0.2, 0.25) is 5.89 Å². The summed E-state index contributed by atoms with van der Waals surface area (Å²) in [5.74, 6) is 0.537. The molecule has 0 aliphatic carbocycles. The minimum atomic E-state index is 0.474. The second-order valence-corrected chi connectivity index (χ2v) is 4.06. The SMILES string of the molecule is Cc1nnc(Sc2c(N)c(C)nn2C)o1. The van der Waals surface area contributed by atoms with E-state index in [1.807, 2.05) is 14.0 Å². The number of nitrogens with two attached hydrogens (primary N) is 1. The Bertz CT molecular complexity index is 489. The maximum atomic E-state index is 5.86. The fraction of sp³-hybridized carbons (Fsp3) is 0.375. The van der Waals surface area contributed by atoms with Crippen LogP contribution < -0.4 is 5.73 Å². The molecule has 7 heteroatoms. The molecular weight excluding hydrogens is 214 g/mol. The van der Waals surface area contributed by atoms with Crippen molar-refractivity contribution in [2.24, 2.45) is 7.05 Å². The van der Waals surface area contributed by atoms with Crippen LogP contribution in [0.4, 0.5) is 5.69 Å². The molecule has 2 rings (SSSR count). The number of anilines is 1. The lowest BCUT2D eigenvalue weighted by Gasteiger charge is -1.97. The number of hydrogen-bond donors (Lipinski definition) is 1. The van der Waals surface area contributed by atoms with Crippen molar-refractivity contribution < 1.29 is 4.42 Å². The van der Waals surface area contributed by atoms with E-state index < -0.39 is 0 Å². The molecule has 0 unspecified atom stereocenters. The van der Waals surface area contributed by atoms with Gasteiger partial charge in [-0.3, -0.25) is 4.68 Å². The normalized spacial score (nSPS) is 10.9. The molecule has 0 saturated carbocycles. The molecule has 15 heavy (non-hydrogen) atoms. The van der Waals surface area contributed by atoms with E-state index in [4.69, 9.17) is 10.2 Å². The van der Waals surface area contributed by atoms with Gasteiger partial charge in [0.15, 0.2) is 0 Å². The molecule has 80 valence electrons. The highest BCUT2D eigenvalue weighted by Gasteiger charge is 2.14. The molecule has 0 aromatic carbocycles. The molecule has 0 bridgehead atoms. The van der Waals surface area contributed by atoms with Crippen molar-refractivity contribution in [1.82, 2.24) is 20.0 Å². The van der Waals surface area contributed by atoms with Crippen LogP contribution in [0.1, 0.15) is 11.6 Å². The Morgan fingerprint density at radius 2 is 2.07 bits per heavy atom. The second kappa shape index (κ2) is 3.58. The fourth-order valence-electron chi connectivity index (χ4n) is 1.18. The Labute approximate surface area is 90.9 Å². The van der Waals surface area contributed by atoms with E-state index in [0.29, 0.717) is 16.8 Å². The maximum absolute atomic E-state index is 5.86. The summed E-state index contributed by atoms with van der Waals surface area (Å²) in [5.41, 5.74) is 7.32. The first-order valence-corrected chi connectivity index (χ1v) is 5.16. The fourth-order valence-corrected chi connectivity index (χ4v) is 2.02. The smallest absolute Gasteiger partial charge is 0.282 e. The number of aryl methyl sites for hydroxylation is 3. The molecule has 2 heterocycles. The Morgan fingerprint density at radius 3 is 2.53 bits per heavy atom. The maximum Gasteiger partial charge on any atom is 0.282 e. The lowest BCUT2D eigenvalue weighted by Crippen LogP contribution is -1.93. The van der Waals surface area contributed by atoms with Crippen LogP contribution in [0.3, 0.4) is 0 Å². The van der Waals surface area contributed by atoms with Gasteiger partial charge < -0.3 is 10.2 Å². The van der Waals surface area contributed by atoms with Crippen molar-refractivity contribution in [2.75, 3.05) is 5.73 Å². The number of nitrogens with zero attached hydrogens (tertiary/aromatic N) is 4. The summed E-state index contributed by atoms with van der Waals surface area (Å²) < 4.78 is 6.95. The van der Waals surface area contributed by atoms with E-state index in [0.717, 1.165) is 10.7 Å². The van der Waals surface area contributed by atoms with E-state index >= 15 is 0 Å². The van der Waals surface area contributed by atoms with Crippen LogP contribution in [0.25, 0.3) is 0 Å². The average molecular weight is 225 g/mol. The Hall–Kier alpha value is -1.50. The molecule has 0 amide bonds. The minimum absolute atomic E-state index is 0.474. The molecule has 6 nitrogen and oxygen atoms in total. The van der Waals surface area contributed by atoms with Crippen LogP contribution >= 0.6 is 11.8 Å². The summed E-state index contributed by atoms with van der Waals surface area (Å²) >= 11 is 1.32. The minimum Gasteiger partial charge on any atom is -0.416 e. The van der Waals surface area contributed by atoms with Gasteiger partial charge in [0.25, 0.3) is 5.22 Å². The van der Waals surface area contributed by atoms with Gasteiger partial charge in [0.1, 0.15) is 5.03 Å². The first kappa shape index (κ1) is 10.0. The topological polar surface area (TPSA) is 82.8 Å². The van der Waals surface area contributed by atoms with Crippen LogP contribution in [0.15, 0.2) is 14.7 Å². The molecule has 0 spiro atoms. The Morgan fingerprint density at radius 1 is 1.33 bits per heavy atom. The van der Waals surface area contributed by atoms with Crippen molar-refractivity contribution in [1.29, 1.82) is 0 Å². The van der Waals surface area contributed by atoms with Crippen LogP contribution in [-0.2, 0) is 7.05 Å². The highest BCUT2D eigenvalue weighted by atomic mass is 32.2. The highest BCUT2D eigenvalue weighted by Crippen LogP contribution is 2.32. The monoisotopic (exact) mass is 225 g/mol. The molecule has 0 aliphatic rings. The van der Waals surface area contributed by atoms with Crippen molar-refractivity contribution in [3.63, 3.8) is 0 Å². The third kappa shape index (κ3) is 1.82. The van der Waals surface area contributed by atoms with Crippen molar-refractivity contribution in [2.45, 2.75) is 24.1 Å². The van der Waals surface area contributed by atoms with Crippen LogP contribution in [0.2, 0.25) is 0 Å². The summed E-state index contributed by atoms with van der Waals surface area (Å²) in [6, 6.07) is 0. The zero-order valence-corrected chi connectivity index (χ0v) is 9.50. The van der Waals surface area contributed by atoms with Crippen LogP contribution in [-0.4, -0.2) is 20.0 Å². The summed E-state index contributed by atoms with van der Waals surface area (Å²) in [7, 11) is 1.83. The summed E-state index contributed by atoms with van der Waals surface area (Å²) in [6.07, 6.45) is 0. The molecule has 2 N–H and O–H groups in total. The lowest BCUT2D eigenvalue weighted by atomic mass is 10.4. The predicted octanol–water partition coefficient (Wildman–Crippen LogP) is 1.15. The summed E-state index contributed by atoms with van der Waals surface area (Å²) in [5, 5.41) is 13.1. The van der Waals surface area contributed by atoms with Crippen molar-refractivity contribution in [3.8, 4) is 0 Å². The van der Waals surface area contributed by atoms with Crippen LogP contribution in [0.5, 0.6) is 0 Å². The summed E-state index contributed by atoms with van der Waals surface area (Å²) in [6.45, 7) is 3.60. The molecule has 0 saturated heterocycles. The number of nitrogen functional groups attached to an aromatic ring is 1. The van der Waals surface area contributed by atoms with Crippen molar-refractivity contribution in [3.05, 3.63) is 11.6 Å². The molecule has 0 radical (unpaired) electrons. The van der Waals surface area contributed by atoms with Gasteiger partial charge in [0.05, 0.1) is 11.4 Å². The largest absolute Gasteiger partial charge is 0.416 e. The van der Waals surface area contributed by atoms with E-state index in [-0.39, 0.29) is 0 Å². The standard InChI is InChI=1S/C8H11N5OS/c1-4-6(9)7(13(3)12-4)15-8-11-10-5(2)14-8/h9H2,1-3H3.